The van der Waals surface area contributed by atoms with Crippen LogP contribution in [0.3, 0.4) is 0 Å². The normalized spacial score (nSPS) is 18.4. The Kier molecular flexibility index (Phi) is 6.18. The Bertz CT molecular complexity index is 677. The number of nitrogens with one attached hydrogen (secondary N) is 1. The molecule has 2 amide bonds. The predicted molar refractivity (Wildman–Crippen MR) is 96.7 cm³/mol. The summed E-state index contributed by atoms with van der Waals surface area (Å²) in [5.41, 5.74) is 0.785. The van der Waals surface area contributed by atoms with Gasteiger partial charge < -0.3 is 29.2 Å². The highest BCUT2D eigenvalue weighted by atomic mass is 16.7. The van der Waals surface area contributed by atoms with E-state index < -0.39 is 5.79 Å². The van der Waals surface area contributed by atoms with E-state index in [4.69, 9.17) is 18.9 Å². The molecule has 2 aliphatic rings. The van der Waals surface area contributed by atoms with Crippen molar-refractivity contribution in [3.8, 4) is 11.5 Å². The molecule has 1 aromatic rings. The van der Waals surface area contributed by atoms with Crippen LogP contribution in [0.5, 0.6) is 11.5 Å². The lowest BCUT2D eigenvalue weighted by Crippen LogP contribution is -2.49. The molecule has 8 heteroatoms. The van der Waals surface area contributed by atoms with Crippen molar-refractivity contribution in [2.24, 2.45) is 0 Å². The maximum atomic E-state index is 12.3. The van der Waals surface area contributed by atoms with Crippen LogP contribution in [0.15, 0.2) is 18.2 Å². The van der Waals surface area contributed by atoms with Crippen molar-refractivity contribution in [3.63, 3.8) is 0 Å². The molecule has 0 unspecified atom stereocenters. The molecule has 1 N–H and O–H groups in total. The Hall–Kier alpha value is -2.32. The number of carbonyl (C=O) groups excluding carboxylic acids is 2. The van der Waals surface area contributed by atoms with Crippen LogP contribution < -0.4 is 14.8 Å². The number of ether oxygens (including phenoxy) is 4. The van der Waals surface area contributed by atoms with E-state index in [1.165, 1.54) is 0 Å². The Morgan fingerprint density at radius 3 is 2.41 bits per heavy atom. The van der Waals surface area contributed by atoms with Gasteiger partial charge in [-0.2, -0.15) is 0 Å². The van der Waals surface area contributed by atoms with Crippen molar-refractivity contribution < 1.29 is 28.5 Å². The molecular weight excluding hydrogens is 352 g/mol. The minimum absolute atomic E-state index is 0.0131. The van der Waals surface area contributed by atoms with Gasteiger partial charge in [0.25, 0.3) is 0 Å². The summed E-state index contributed by atoms with van der Waals surface area (Å²) in [5, 5.41) is 2.69. The highest BCUT2D eigenvalue weighted by Crippen LogP contribution is 2.31. The molecule has 1 aromatic carbocycles. The highest BCUT2D eigenvalue weighted by molar-refractivity contribution is 5.85. The summed E-state index contributed by atoms with van der Waals surface area (Å²) in [4.78, 5) is 26.2. The second-order valence-corrected chi connectivity index (χ2v) is 6.63. The molecule has 2 saturated heterocycles. The molecule has 2 aliphatic heterocycles. The van der Waals surface area contributed by atoms with Crippen LogP contribution in [0.1, 0.15) is 18.4 Å². The van der Waals surface area contributed by atoms with Crippen LogP contribution in [0.2, 0.25) is 0 Å². The Balaban J connectivity index is 1.44. The minimum Gasteiger partial charge on any atom is -0.493 e. The van der Waals surface area contributed by atoms with Gasteiger partial charge in [-0.3, -0.25) is 9.59 Å². The molecule has 3 rings (SSSR count). The molecule has 27 heavy (non-hydrogen) atoms. The van der Waals surface area contributed by atoms with Crippen LogP contribution in [-0.2, 0) is 25.5 Å². The van der Waals surface area contributed by atoms with E-state index in [1.807, 2.05) is 0 Å². The number of benzene rings is 1. The molecule has 148 valence electrons. The van der Waals surface area contributed by atoms with Crippen molar-refractivity contribution in [1.82, 2.24) is 10.2 Å². The zero-order valence-electron chi connectivity index (χ0n) is 15.8. The number of rotatable bonds is 6. The van der Waals surface area contributed by atoms with Crippen LogP contribution in [0.25, 0.3) is 0 Å². The number of methoxy groups -OCH3 is 2. The van der Waals surface area contributed by atoms with E-state index in [0.717, 1.165) is 5.56 Å². The number of amides is 2. The molecule has 8 nitrogen and oxygen atoms in total. The monoisotopic (exact) mass is 378 g/mol. The van der Waals surface area contributed by atoms with Gasteiger partial charge in [-0.25, -0.2) is 0 Å². The molecule has 2 heterocycles. The van der Waals surface area contributed by atoms with Gasteiger partial charge in [0.15, 0.2) is 17.3 Å². The fraction of sp³-hybridized carbons (Fsp3) is 0.579. The van der Waals surface area contributed by atoms with E-state index >= 15 is 0 Å². The predicted octanol–water partition coefficient (Wildman–Crippen LogP) is 0.728. The number of hydrogen-bond donors (Lipinski definition) is 1. The van der Waals surface area contributed by atoms with Crippen molar-refractivity contribution >= 4 is 11.8 Å². The Morgan fingerprint density at radius 1 is 1.11 bits per heavy atom. The third-order valence-electron chi connectivity index (χ3n) is 4.94. The van der Waals surface area contributed by atoms with Gasteiger partial charge in [-0.05, 0) is 17.7 Å². The first-order valence-electron chi connectivity index (χ1n) is 9.08. The van der Waals surface area contributed by atoms with Gasteiger partial charge in [0.2, 0.25) is 11.8 Å². The maximum Gasteiger partial charge on any atom is 0.241 e. The molecule has 2 fully saturated rings. The number of likely N-dealkylation sites (tertiary alicyclic amines) is 1. The van der Waals surface area contributed by atoms with E-state index in [1.54, 1.807) is 37.3 Å². The summed E-state index contributed by atoms with van der Waals surface area (Å²) < 4.78 is 21.7. The maximum absolute atomic E-state index is 12.3. The lowest BCUT2D eigenvalue weighted by atomic mass is 10.0. The molecular formula is C19H26N2O6. The third-order valence-corrected chi connectivity index (χ3v) is 4.94. The Labute approximate surface area is 158 Å². The summed E-state index contributed by atoms with van der Waals surface area (Å²) >= 11 is 0. The molecule has 1 spiro atoms. The SMILES string of the molecule is COc1ccc(CC(=O)NCC(=O)N2CCC3(CC2)OCCO3)cc1OC. The average molecular weight is 378 g/mol. The van der Waals surface area contributed by atoms with Gasteiger partial charge in [0, 0.05) is 25.9 Å². The first-order valence-corrected chi connectivity index (χ1v) is 9.08. The number of carbonyl (C=O) groups is 2. The van der Waals surface area contributed by atoms with Gasteiger partial charge in [-0.15, -0.1) is 0 Å². The largest absolute Gasteiger partial charge is 0.493 e. The van der Waals surface area contributed by atoms with Gasteiger partial charge in [-0.1, -0.05) is 6.07 Å². The fourth-order valence-electron chi connectivity index (χ4n) is 3.41. The van der Waals surface area contributed by atoms with E-state index in [9.17, 15) is 9.59 Å². The third kappa shape index (κ3) is 4.70. The quantitative estimate of drug-likeness (QED) is 0.785. The van der Waals surface area contributed by atoms with Crippen molar-refractivity contribution in [3.05, 3.63) is 23.8 Å². The molecule has 0 radical (unpaired) electrons. The number of hydrogen-bond acceptors (Lipinski definition) is 6. The van der Waals surface area contributed by atoms with E-state index in [-0.39, 0.29) is 24.8 Å². The minimum atomic E-state index is -0.506. The van der Waals surface area contributed by atoms with E-state index in [2.05, 4.69) is 5.32 Å². The summed E-state index contributed by atoms with van der Waals surface area (Å²) in [6.07, 6.45) is 1.50. The average Bonchev–Trinajstić information content (AvgIpc) is 3.14. The molecule has 0 aromatic heterocycles. The first-order chi connectivity index (χ1) is 13.0. The smallest absolute Gasteiger partial charge is 0.241 e. The van der Waals surface area contributed by atoms with Crippen molar-refractivity contribution in [2.45, 2.75) is 25.0 Å². The number of nitrogens with zero attached hydrogens (tertiary/aromatic N) is 1. The van der Waals surface area contributed by atoms with Crippen LogP contribution in [0, 0.1) is 0 Å². The molecule has 0 aliphatic carbocycles. The second-order valence-electron chi connectivity index (χ2n) is 6.63. The van der Waals surface area contributed by atoms with Gasteiger partial charge >= 0.3 is 0 Å². The highest BCUT2D eigenvalue weighted by Gasteiger charge is 2.40. The Morgan fingerprint density at radius 2 is 1.78 bits per heavy atom. The van der Waals surface area contributed by atoms with Crippen LogP contribution in [-0.4, -0.2) is 69.6 Å². The lowest BCUT2D eigenvalue weighted by molar-refractivity contribution is -0.187. The standard InChI is InChI=1S/C19H26N2O6/c1-24-15-4-3-14(11-16(15)25-2)12-17(22)20-13-18(23)21-7-5-19(6-8-21)26-9-10-27-19/h3-4,11H,5-10,12-13H2,1-2H3,(H,20,22). The topological polar surface area (TPSA) is 86.3 Å². The first kappa shape index (κ1) is 19.4. The van der Waals surface area contributed by atoms with Gasteiger partial charge in [0.05, 0.1) is 40.4 Å². The molecule has 0 atom stereocenters. The van der Waals surface area contributed by atoms with Crippen LogP contribution in [0.4, 0.5) is 0 Å². The lowest BCUT2D eigenvalue weighted by Gasteiger charge is -2.37. The second kappa shape index (κ2) is 8.58. The summed E-state index contributed by atoms with van der Waals surface area (Å²) in [5.74, 6) is 0.357. The van der Waals surface area contributed by atoms with Gasteiger partial charge in [0.1, 0.15) is 0 Å². The fourth-order valence-corrected chi connectivity index (χ4v) is 3.41. The number of piperidine rings is 1. The van der Waals surface area contributed by atoms with Crippen LogP contribution >= 0.6 is 0 Å². The zero-order chi connectivity index (χ0) is 19.3. The summed E-state index contributed by atoms with van der Waals surface area (Å²) in [6, 6.07) is 5.31. The zero-order valence-corrected chi connectivity index (χ0v) is 15.8. The van der Waals surface area contributed by atoms with Crippen molar-refractivity contribution in [1.29, 1.82) is 0 Å². The van der Waals surface area contributed by atoms with Crippen molar-refractivity contribution in [2.75, 3.05) is 47.1 Å². The molecule has 0 bridgehead atoms. The summed E-state index contributed by atoms with van der Waals surface area (Å²) in [6.45, 7) is 2.36. The van der Waals surface area contributed by atoms with E-state index in [0.29, 0.717) is 50.6 Å². The molecule has 0 saturated carbocycles. The summed E-state index contributed by atoms with van der Waals surface area (Å²) in [7, 11) is 3.11.